The number of aliphatic hydroxyl groups excluding tert-OH is 2. The molecule has 0 saturated heterocycles. The lowest BCUT2D eigenvalue weighted by molar-refractivity contribution is 0.186. The van der Waals surface area contributed by atoms with Crippen molar-refractivity contribution in [1.29, 1.82) is 0 Å². The molecule has 0 rings (SSSR count). The van der Waals surface area contributed by atoms with E-state index in [1.165, 1.54) is 0 Å². The van der Waals surface area contributed by atoms with Crippen molar-refractivity contribution < 1.29 is 23.8 Å². The summed E-state index contributed by atoms with van der Waals surface area (Å²) in [4.78, 5) is 0. The molecule has 12 heavy (non-hydrogen) atoms. The van der Waals surface area contributed by atoms with Crippen LogP contribution >= 0.6 is 8.25 Å². The van der Waals surface area contributed by atoms with E-state index in [-0.39, 0.29) is 26.4 Å². The van der Waals surface area contributed by atoms with Crippen molar-refractivity contribution in [2.24, 2.45) is 0 Å². The molecule has 0 aromatic rings. The Hall–Kier alpha value is -0.0600. The Morgan fingerprint density at radius 1 is 1.00 bits per heavy atom. The van der Waals surface area contributed by atoms with Gasteiger partial charge in [0.25, 0.3) is 0 Å². The highest BCUT2D eigenvalue weighted by molar-refractivity contribution is 7.33. The van der Waals surface area contributed by atoms with Gasteiger partial charge in [0.05, 0.1) is 0 Å². The summed E-state index contributed by atoms with van der Waals surface area (Å²) in [5.41, 5.74) is 0. The van der Waals surface area contributed by atoms with Crippen LogP contribution in [0.25, 0.3) is 0 Å². The largest absolute Gasteiger partial charge is 0.697 e. The van der Waals surface area contributed by atoms with Gasteiger partial charge in [0.1, 0.15) is 13.2 Å². The smallest absolute Gasteiger partial charge is 0.396 e. The second kappa shape index (κ2) is 9.03. The molecule has 2 N–H and O–H groups in total. The molecule has 5 nitrogen and oxygen atoms in total. The Morgan fingerprint density at radius 3 is 1.75 bits per heavy atom. The quantitative estimate of drug-likeness (QED) is 0.436. The number of hydrogen-bond donors (Lipinski definition) is 2. The molecule has 0 bridgehead atoms. The van der Waals surface area contributed by atoms with Gasteiger partial charge in [-0.1, -0.05) is 0 Å². The van der Waals surface area contributed by atoms with Crippen LogP contribution in [0.5, 0.6) is 0 Å². The van der Waals surface area contributed by atoms with Crippen molar-refractivity contribution in [3.8, 4) is 0 Å². The molecule has 0 aliphatic heterocycles. The highest BCUT2D eigenvalue weighted by Gasteiger charge is 2.18. The van der Waals surface area contributed by atoms with Gasteiger partial charge in [-0.2, -0.15) is 0 Å². The van der Waals surface area contributed by atoms with Gasteiger partial charge >= 0.3 is 8.25 Å². The second-order valence-corrected chi connectivity index (χ2v) is 3.01. The summed E-state index contributed by atoms with van der Waals surface area (Å²) in [6.45, 7) is 0.481. The minimum atomic E-state index is -2.08. The van der Waals surface area contributed by atoms with Gasteiger partial charge < -0.3 is 10.2 Å². The maximum Gasteiger partial charge on any atom is 0.697 e. The Kier molecular flexibility index (Phi) is 8.99. The molecule has 0 aliphatic carbocycles. The van der Waals surface area contributed by atoms with E-state index in [1.54, 1.807) is 0 Å². The van der Waals surface area contributed by atoms with Crippen molar-refractivity contribution in [2.75, 3.05) is 26.4 Å². The van der Waals surface area contributed by atoms with E-state index in [1.807, 2.05) is 0 Å². The molecule has 0 saturated carbocycles. The van der Waals surface area contributed by atoms with Crippen LogP contribution in [-0.4, -0.2) is 36.6 Å². The molecule has 0 aromatic heterocycles. The van der Waals surface area contributed by atoms with Crippen LogP contribution < -0.4 is 0 Å². The molecule has 0 unspecified atom stereocenters. The van der Waals surface area contributed by atoms with Crippen LogP contribution in [-0.2, 0) is 13.6 Å². The van der Waals surface area contributed by atoms with E-state index in [9.17, 15) is 4.57 Å². The molecular weight excluding hydrogens is 183 g/mol. The van der Waals surface area contributed by atoms with Gasteiger partial charge in [0.2, 0.25) is 0 Å². The molecule has 0 fully saturated rings. The Morgan fingerprint density at radius 2 is 1.42 bits per heavy atom. The third-order valence-electron chi connectivity index (χ3n) is 0.998. The van der Waals surface area contributed by atoms with Gasteiger partial charge in [-0.05, 0) is 12.8 Å². The zero-order valence-electron chi connectivity index (χ0n) is 6.81. The molecule has 0 atom stereocenters. The van der Waals surface area contributed by atoms with Crippen LogP contribution in [0.2, 0.25) is 0 Å². The van der Waals surface area contributed by atoms with Crippen LogP contribution in [0, 0.1) is 0 Å². The molecule has 0 spiro atoms. The van der Waals surface area contributed by atoms with E-state index < -0.39 is 8.25 Å². The fraction of sp³-hybridized carbons (Fsp3) is 1.00. The lowest BCUT2D eigenvalue weighted by Crippen LogP contribution is -1.95. The normalized spacial score (nSPS) is 10.2. The Labute approximate surface area is 72.3 Å². The van der Waals surface area contributed by atoms with Crippen LogP contribution in [0.4, 0.5) is 0 Å². The maximum atomic E-state index is 10.7. The van der Waals surface area contributed by atoms with E-state index in [2.05, 4.69) is 9.05 Å². The first-order chi connectivity index (χ1) is 5.81. The monoisotopic (exact) mass is 197 g/mol. The molecule has 0 aliphatic rings. The molecule has 0 aromatic carbocycles. The van der Waals surface area contributed by atoms with Crippen molar-refractivity contribution >= 4 is 8.25 Å². The standard InChI is InChI=1S/C6H14O5P/c7-3-1-5-10-12(9)11-6-2-4-8/h7-8H,1-6H2/q+1. The fourth-order valence-corrected chi connectivity index (χ4v) is 1.08. The summed E-state index contributed by atoms with van der Waals surface area (Å²) >= 11 is 0. The Bertz CT molecular complexity index is 107. The summed E-state index contributed by atoms with van der Waals surface area (Å²) in [6, 6.07) is 0. The SMILES string of the molecule is O=[P+](OCCCO)OCCCO. The van der Waals surface area contributed by atoms with Crippen molar-refractivity contribution in [3.63, 3.8) is 0 Å². The molecule has 0 radical (unpaired) electrons. The first-order valence-corrected chi connectivity index (χ1v) is 4.85. The third-order valence-corrected chi connectivity index (χ3v) is 1.79. The van der Waals surface area contributed by atoms with Crippen LogP contribution in [0.1, 0.15) is 12.8 Å². The summed E-state index contributed by atoms with van der Waals surface area (Å²) < 4.78 is 20.1. The summed E-state index contributed by atoms with van der Waals surface area (Å²) in [5.74, 6) is 0. The lowest BCUT2D eigenvalue weighted by Gasteiger charge is -1.89. The average Bonchev–Trinajstić information content (AvgIpc) is 2.06. The van der Waals surface area contributed by atoms with Gasteiger partial charge in [-0.15, -0.1) is 9.05 Å². The zero-order chi connectivity index (χ0) is 9.23. The molecule has 6 heteroatoms. The van der Waals surface area contributed by atoms with Gasteiger partial charge in [0, 0.05) is 17.8 Å². The van der Waals surface area contributed by atoms with Gasteiger partial charge in [0.15, 0.2) is 0 Å². The van der Waals surface area contributed by atoms with E-state index in [4.69, 9.17) is 10.2 Å². The lowest BCUT2D eigenvalue weighted by atomic mass is 10.5. The second-order valence-electron chi connectivity index (χ2n) is 2.04. The fourth-order valence-electron chi connectivity index (χ4n) is 0.445. The highest BCUT2D eigenvalue weighted by Crippen LogP contribution is 2.23. The summed E-state index contributed by atoms with van der Waals surface area (Å²) in [5, 5.41) is 16.7. The first-order valence-electron chi connectivity index (χ1n) is 3.76. The molecule has 0 amide bonds. The van der Waals surface area contributed by atoms with Crippen molar-refractivity contribution in [3.05, 3.63) is 0 Å². The highest BCUT2D eigenvalue weighted by atomic mass is 31.1. The van der Waals surface area contributed by atoms with E-state index in [0.717, 1.165) is 0 Å². The Balaban J connectivity index is 3.10. The number of aliphatic hydroxyl groups is 2. The van der Waals surface area contributed by atoms with Crippen molar-refractivity contribution in [1.82, 2.24) is 0 Å². The van der Waals surface area contributed by atoms with Gasteiger partial charge in [-0.3, -0.25) is 0 Å². The molecular formula is C6H14O5P+. The maximum absolute atomic E-state index is 10.7. The topological polar surface area (TPSA) is 76.0 Å². The third kappa shape index (κ3) is 8.04. The predicted molar refractivity (Wildman–Crippen MR) is 42.9 cm³/mol. The van der Waals surface area contributed by atoms with Crippen LogP contribution in [0.3, 0.4) is 0 Å². The van der Waals surface area contributed by atoms with Gasteiger partial charge in [-0.25, -0.2) is 0 Å². The number of hydrogen-bond acceptors (Lipinski definition) is 5. The minimum absolute atomic E-state index is 0.0137. The average molecular weight is 197 g/mol. The van der Waals surface area contributed by atoms with E-state index >= 15 is 0 Å². The van der Waals surface area contributed by atoms with Crippen molar-refractivity contribution in [2.45, 2.75) is 12.8 Å². The first kappa shape index (κ1) is 11.9. The predicted octanol–water partition coefficient (Wildman–Crippen LogP) is 0.442. The summed E-state index contributed by atoms with van der Waals surface area (Å²) in [7, 11) is -2.08. The molecule has 72 valence electrons. The van der Waals surface area contributed by atoms with Crippen LogP contribution in [0.15, 0.2) is 0 Å². The molecule has 0 heterocycles. The van der Waals surface area contributed by atoms with E-state index in [0.29, 0.717) is 12.8 Å². The number of rotatable bonds is 8. The minimum Gasteiger partial charge on any atom is -0.396 e. The zero-order valence-corrected chi connectivity index (χ0v) is 7.70. The summed E-state index contributed by atoms with van der Waals surface area (Å²) in [6.07, 6.45) is 0.898.